The molecule has 1 aliphatic carbocycles. The molecule has 192 valence electrons. The van der Waals surface area contributed by atoms with Crippen molar-refractivity contribution in [1.29, 1.82) is 0 Å². The molecular formula is C27H30N6O3S. The van der Waals surface area contributed by atoms with Gasteiger partial charge in [-0.15, -0.1) is 0 Å². The second kappa shape index (κ2) is 9.81. The molecule has 6 rings (SSSR count). The largest absolute Gasteiger partial charge is 0.348 e. The van der Waals surface area contributed by atoms with E-state index >= 15 is 0 Å². The maximum Gasteiger partial charge on any atom is 0.333 e. The van der Waals surface area contributed by atoms with Gasteiger partial charge in [0, 0.05) is 36.7 Å². The molecule has 9 nitrogen and oxygen atoms in total. The van der Waals surface area contributed by atoms with E-state index in [2.05, 4.69) is 15.3 Å². The Morgan fingerprint density at radius 1 is 1.03 bits per heavy atom. The van der Waals surface area contributed by atoms with Gasteiger partial charge in [-0.05, 0) is 80.7 Å². The van der Waals surface area contributed by atoms with Gasteiger partial charge >= 0.3 is 5.69 Å². The topological polar surface area (TPSA) is 103 Å². The zero-order chi connectivity index (χ0) is 25.5. The standard InChI is InChI=1S/C27H30N6O3S/c1-17-14-21-24(28-15-17)32(20-9-12-37-13-10-20)27(36)33(26(21)35)19-7-5-18(6-8-19)29-25(34)22-16-31-11-3-2-4-23(31)30-22/h2-4,11,14-16,18-20H,5-10,12-13H2,1H3,(H,29,34). The van der Waals surface area contributed by atoms with Crippen molar-refractivity contribution in [2.45, 2.75) is 63.6 Å². The number of nitrogens with one attached hydrogen (secondary N) is 1. The van der Waals surface area contributed by atoms with Crippen molar-refractivity contribution in [2.75, 3.05) is 11.5 Å². The molecule has 1 aliphatic heterocycles. The van der Waals surface area contributed by atoms with E-state index in [4.69, 9.17) is 0 Å². The zero-order valence-electron chi connectivity index (χ0n) is 20.8. The molecule has 1 saturated carbocycles. The molecule has 0 atom stereocenters. The maximum absolute atomic E-state index is 13.8. The minimum atomic E-state index is -0.255. The summed E-state index contributed by atoms with van der Waals surface area (Å²) in [6.07, 6.45) is 9.81. The van der Waals surface area contributed by atoms with E-state index in [1.807, 2.05) is 53.5 Å². The van der Waals surface area contributed by atoms with Crippen LogP contribution in [0, 0.1) is 6.92 Å². The third-order valence-corrected chi connectivity index (χ3v) is 8.69. The highest BCUT2D eigenvalue weighted by atomic mass is 32.2. The summed E-state index contributed by atoms with van der Waals surface area (Å²) >= 11 is 1.90. The summed E-state index contributed by atoms with van der Waals surface area (Å²) in [7, 11) is 0. The number of imidazole rings is 1. The summed E-state index contributed by atoms with van der Waals surface area (Å²) in [5.74, 6) is 1.80. The molecule has 1 amide bonds. The lowest BCUT2D eigenvalue weighted by atomic mass is 9.90. The number of fused-ring (bicyclic) bond motifs is 2. The second-order valence-electron chi connectivity index (χ2n) is 10.1. The molecular weight excluding hydrogens is 488 g/mol. The Balaban J connectivity index is 1.25. The fourth-order valence-corrected chi connectivity index (χ4v) is 6.79. The van der Waals surface area contributed by atoms with Gasteiger partial charge in [-0.2, -0.15) is 11.8 Å². The highest BCUT2D eigenvalue weighted by Gasteiger charge is 2.30. The summed E-state index contributed by atoms with van der Waals surface area (Å²) in [6.45, 7) is 1.92. The van der Waals surface area contributed by atoms with Crippen LogP contribution in [0.15, 0.2) is 52.4 Å². The molecule has 0 spiro atoms. The second-order valence-corrected chi connectivity index (χ2v) is 11.4. The van der Waals surface area contributed by atoms with Gasteiger partial charge in [-0.25, -0.2) is 14.8 Å². The normalized spacial score (nSPS) is 20.9. The zero-order valence-corrected chi connectivity index (χ0v) is 21.6. The van der Waals surface area contributed by atoms with E-state index in [1.54, 1.807) is 17.0 Å². The van der Waals surface area contributed by atoms with Crippen molar-refractivity contribution in [2.24, 2.45) is 0 Å². The van der Waals surface area contributed by atoms with Crippen LogP contribution in [0.25, 0.3) is 16.7 Å². The van der Waals surface area contributed by atoms with E-state index in [1.165, 1.54) is 4.57 Å². The number of aromatic nitrogens is 5. The number of thioether (sulfide) groups is 1. The number of aryl methyl sites for hydroxylation is 1. The van der Waals surface area contributed by atoms with E-state index in [9.17, 15) is 14.4 Å². The first kappa shape index (κ1) is 24.0. The van der Waals surface area contributed by atoms with E-state index in [0.29, 0.717) is 42.4 Å². The summed E-state index contributed by atoms with van der Waals surface area (Å²) in [5, 5.41) is 3.61. The molecule has 37 heavy (non-hydrogen) atoms. The Labute approximate surface area is 217 Å². The number of hydrogen-bond acceptors (Lipinski definition) is 6. The fraction of sp³-hybridized carbons (Fsp3) is 0.444. The third kappa shape index (κ3) is 4.47. The number of hydrogen-bond donors (Lipinski definition) is 1. The highest BCUT2D eigenvalue weighted by molar-refractivity contribution is 7.99. The minimum absolute atomic E-state index is 0.0220. The first-order valence-electron chi connectivity index (χ1n) is 13.0. The van der Waals surface area contributed by atoms with Gasteiger partial charge in [0.1, 0.15) is 17.0 Å². The Morgan fingerprint density at radius 3 is 2.54 bits per heavy atom. The molecule has 1 saturated heterocycles. The number of carbonyl (C=O) groups is 1. The van der Waals surface area contributed by atoms with Crippen LogP contribution in [0.4, 0.5) is 0 Å². The van der Waals surface area contributed by atoms with E-state index < -0.39 is 0 Å². The molecule has 4 aromatic heterocycles. The van der Waals surface area contributed by atoms with Gasteiger partial charge in [0.25, 0.3) is 11.5 Å². The van der Waals surface area contributed by atoms with E-state index in [0.717, 1.165) is 35.6 Å². The van der Waals surface area contributed by atoms with Crippen molar-refractivity contribution >= 4 is 34.3 Å². The smallest absolute Gasteiger partial charge is 0.333 e. The van der Waals surface area contributed by atoms with Crippen molar-refractivity contribution in [3.63, 3.8) is 0 Å². The van der Waals surface area contributed by atoms with E-state index in [-0.39, 0.29) is 35.3 Å². The summed E-state index contributed by atoms with van der Waals surface area (Å²) in [6, 6.07) is 7.33. The Bertz CT molecular complexity index is 1560. The molecule has 2 aliphatic rings. The quantitative estimate of drug-likeness (QED) is 0.444. The van der Waals surface area contributed by atoms with Crippen LogP contribution in [0.3, 0.4) is 0 Å². The number of rotatable bonds is 4. The predicted molar refractivity (Wildman–Crippen MR) is 145 cm³/mol. The number of carbonyl (C=O) groups excluding carboxylic acids is 1. The fourth-order valence-electron chi connectivity index (χ4n) is 5.71. The molecule has 2 fully saturated rings. The number of pyridine rings is 2. The SMILES string of the molecule is Cc1cnc2c(c1)c(=O)n(C1CCC(NC(=O)c3cn4ccccc4n3)CC1)c(=O)n2C1CCSCC1. The summed E-state index contributed by atoms with van der Waals surface area (Å²) in [4.78, 5) is 49.2. The Kier molecular flexibility index (Phi) is 6.36. The van der Waals surface area contributed by atoms with Crippen molar-refractivity contribution in [3.8, 4) is 0 Å². The molecule has 1 N–H and O–H groups in total. The van der Waals surface area contributed by atoms with Gasteiger partial charge < -0.3 is 9.72 Å². The van der Waals surface area contributed by atoms with Crippen molar-refractivity contribution in [1.82, 2.24) is 28.8 Å². The molecule has 10 heteroatoms. The molecule has 0 aromatic carbocycles. The number of nitrogens with zero attached hydrogens (tertiary/aromatic N) is 5. The van der Waals surface area contributed by atoms with Crippen LogP contribution in [-0.4, -0.2) is 47.0 Å². The number of amides is 1. The molecule has 0 radical (unpaired) electrons. The highest BCUT2D eigenvalue weighted by Crippen LogP contribution is 2.30. The van der Waals surface area contributed by atoms with Crippen LogP contribution in [-0.2, 0) is 0 Å². The van der Waals surface area contributed by atoms with Crippen LogP contribution in [0.2, 0.25) is 0 Å². The van der Waals surface area contributed by atoms with Crippen LogP contribution in [0.1, 0.15) is 66.7 Å². The lowest BCUT2D eigenvalue weighted by molar-refractivity contribution is 0.0917. The van der Waals surface area contributed by atoms with Gasteiger partial charge in [-0.1, -0.05) is 6.07 Å². The minimum Gasteiger partial charge on any atom is -0.348 e. The summed E-state index contributed by atoms with van der Waals surface area (Å²) < 4.78 is 5.09. The van der Waals surface area contributed by atoms with Crippen LogP contribution in [0.5, 0.6) is 0 Å². The molecule has 0 bridgehead atoms. The third-order valence-electron chi connectivity index (χ3n) is 7.64. The lowest BCUT2D eigenvalue weighted by Crippen LogP contribution is -2.46. The molecule has 4 aromatic rings. The lowest BCUT2D eigenvalue weighted by Gasteiger charge is -2.31. The average molecular weight is 519 g/mol. The van der Waals surface area contributed by atoms with Gasteiger partial charge in [0.05, 0.1) is 5.39 Å². The predicted octanol–water partition coefficient (Wildman–Crippen LogP) is 3.50. The first-order valence-corrected chi connectivity index (χ1v) is 14.1. The van der Waals surface area contributed by atoms with Crippen LogP contribution >= 0.6 is 11.8 Å². The molecule has 0 unspecified atom stereocenters. The average Bonchev–Trinajstić information content (AvgIpc) is 3.36. The van der Waals surface area contributed by atoms with Crippen LogP contribution < -0.4 is 16.6 Å². The van der Waals surface area contributed by atoms with Gasteiger partial charge in [0.2, 0.25) is 0 Å². The summed E-state index contributed by atoms with van der Waals surface area (Å²) in [5.41, 5.74) is 2.01. The monoisotopic (exact) mass is 518 g/mol. The van der Waals surface area contributed by atoms with Gasteiger partial charge in [-0.3, -0.25) is 18.7 Å². The van der Waals surface area contributed by atoms with Crippen molar-refractivity contribution in [3.05, 3.63) is 75.0 Å². The maximum atomic E-state index is 13.8. The first-order chi connectivity index (χ1) is 18.0. The molecule has 5 heterocycles. The van der Waals surface area contributed by atoms with Crippen molar-refractivity contribution < 1.29 is 4.79 Å². The Morgan fingerprint density at radius 2 is 1.78 bits per heavy atom. The Hall–Kier alpha value is -3.40. The van der Waals surface area contributed by atoms with Gasteiger partial charge in [0.15, 0.2) is 0 Å².